The largest absolute Gasteiger partial charge is 0.444 e. The second-order valence-corrected chi connectivity index (χ2v) is 16.2. The fraction of sp³-hybridized carbons (Fsp3) is 0.720. The van der Waals surface area contributed by atoms with Crippen LogP contribution in [0.1, 0.15) is 86.8 Å². The van der Waals surface area contributed by atoms with Crippen molar-refractivity contribution in [2.75, 3.05) is 6.54 Å². The average molecular weight is 452 g/mol. The lowest BCUT2D eigenvalue weighted by Gasteiger charge is -2.48. The molecule has 4 nitrogen and oxygen atoms in total. The van der Waals surface area contributed by atoms with Gasteiger partial charge >= 0.3 is 6.09 Å². The van der Waals surface area contributed by atoms with Crippen LogP contribution in [0.2, 0.25) is 16.6 Å². The summed E-state index contributed by atoms with van der Waals surface area (Å²) in [6, 6.07) is 6.29. The first-order valence-electron chi connectivity index (χ1n) is 11.7. The van der Waals surface area contributed by atoms with Crippen LogP contribution in [0.5, 0.6) is 0 Å². The van der Waals surface area contributed by atoms with Gasteiger partial charge in [0.1, 0.15) is 11.4 Å². The standard InChI is InChI=1S/C25H42FNO3Si/c1-17(2)31(18(3)4,19(5)6)30-22-14-15-27(24(28)29-25(7,8)9)23(16-22)20-10-12-21(26)13-11-20/h10-13,17-19,22-23H,14-16H2,1-9H3/t22-,23+/m1/s1. The third kappa shape index (κ3) is 6.10. The number of carbonyl (C=O) groups excluding carboxylic acids is 1. The molecule has 0 unspecified atom stereocenters. The van der Waals surface area contributed by atoms with Crippen LogP contribution >= 0.6 is 0 Å². The maximum Gasteiger partial charge on any atom is 0.410 e. The summed E-state index contributed by atoms with van der Waals surface area (Å²) >= 11 is 0. The second-order valence-electron chi connectivity index (χ2n) is 10.8. The van der Waals surface area contributed by atoms with Gasteiger partial charge in [-0.25, -0.2) is 9.18 Å². The van der Waals surface area contributed by atoms with Gasteiger partial charge in [-0.2, -0.15) is 0 Å². The zero-order valence-electron chi connectivity index (χ0n) is 20.9. The Morgan fingerprint density at radius 3 is 2.00 bits per heavy atom. The predicted octanol–water partition coefficient (Wildman–Crippen LogP) is 7.46. The van der Waals surface area contributed by atoms with Gasteiger partial charge in [-0.1, -0.05) is 53.7 Å². The highest BCUT2D eigenvalue weighted by Gasteiger charge is 2.48. The number of amides is 1. The van der Waals surface area contributed by atoms with E-state index < -0.39 is 13.9 Å². The van der Waals surface area contributed by atoms with Gasteiger partial charge in [0.05, 0.1) is 6.04 Å². The number of likely N-dealkylation sites (tertiary alicyclic amines) is 1. The summed E-state index contributed by atoms with van der Waals surface area (Å²) in [4.78, 5) is 14.8. The van der Waals surface area contributed by atoms with Crippen LogP contribution in [0, 0.1) is 5.82 Å². The van der Waals surface area contributed by atoms with E-state index in [0.29, 0.717) is 29.6 Å². The summed E-state index contributed by atoms with van der Waals surface area (Å²) in [5, 5.41) is 0. The van der Waals surface area contributed by atoms with E-state index >= 15 is 0 Å². The number of hydrogen-bond acceptors (Lipinski definition) is 3. The summed E-state index contributed by atoms with van der Waals surface area (Å²) in [7, 11) is -2.04. The zero-order valence-corrected chi connectivity index (χ0v) is 21.9. The van der Waals surface area contributed by atoms with Crippen molar-refractivity contribution >= 4 is 14.4 Å². The van der Waals surface area contributed by atoms with Crippen molar-refractivity contribution in [1.29, 1.82) is 0 Å². The van der Waals surface area contributed by atoms with E-state index in [1.54, 1.807) is 17.0 Å². The Hall–Kier alpha value is -1.40. The lowest BCUT2D eigenvalue weighted by atomic mass is 9.93. The predicted molar refractivity (Wildman–Crippen MR) is 127 cm³/mol. The summed E-state index contributed by atoms with van der Waals surface area (Å²) in [5.74, 6) is -0.276. The fourth-order valence-corrected chi connectivity index (χ4v) is 10.9. The zero-order chi connectivity index (χ0) is 23.6. The maximum atomic E-state index is 13.6. The van der Waals surface area contributed by atoms with Crippen molar-refractivity contribution in [3.8, 4) is 0 Å². The topological polar surface area (TPSA) is 38.8 Å². The van der Waals surface area contributed by atoms with E-state index in [1.165, 1.54) is 12.1 Å². The van der Waals surface area contributed by atoms with Crippen molar-refractivity contribution in [2.24, 2.45) is 0 Å². The third-order valence-corrected chi connectivity index (χ3v) is 12.7. The number of carbonyl (C=O) groups is 1. The van der Waals surface area contributed by atoms with E-state index in [1.807, 2.05) is 20.8 Å². The smallest absolute Gasteiger partial charge is 0.410 e. The number of piperidine rings is 1. The first kappa shape index (κ1) is 25.9. The average Bonchev–Trinajstić information content (AvgIpc) is 2.64. The van der Waals surface area contributed by atoms with Gasteiger partial charge in [-0.15, -0.1) is 0 Å². The Bertz CT molecular complexity index is 706. The van der Waals surface area contributed by atoms with E-state index in [0.717, 1.165) is 12.0 Å². The molecule has 1 aromatic carbocycles. The van der Waals surface area contributed by atoms with Gasteiger partial charge in [-0.3, -0.25) is 0 Å². The number of hydrogen-bond donors (Lipinski definition) is 0. The van der Waals surface area contributed by atoms with E-state index in [9.17, 15) is 9.18 Å². The molecule has 6 heteroatoms. The van der Waals surface area contributed by atoms with Crippen LogP contribution in [0.3, 0.4) is 0 Å². The molecule has 0 saturated carbocycles. The summed E-state index contributed by atoms with van der Waals surface area (Å²) in [5.41, 5.74) is 1.86. The second kappa shape index (κ2) is 10.0. The maximum absolute atomic E-state index is 13.6. The molecule has 0 bridgehead atoms. The molecule has 0 spiro atoms. The van der Waals surface area contributed by atoms with Gasteiger partial charge in [-0.05, 0) is 67.9 Å². The Morgan fingerprint density at radius 2 is 1.55 bits per heavy atom. The van der Waals surface area contributed by atoms with Crippen molar-refractivity contribution in [1.82, 2.24) is 4.90 Å². The van der Waals surface area contributed by atoms with Crippen molar-refractivity contribution < 1.29 is 18.3 Å². The van der Waals surface area contributed by atoms with E-state index in [-0.39, 0.29) is 24.1 Å². The summed E-state index contributed by atoms with van der Waals surface area (Å²) < 4.78 is 26.3. The molecule has 2 rings (SSSR count). The summed E-state index contributed by atoms with van der Waals surface area (Å²) in [6.07, 6.45) is 1.25. The molecule has 1 fully saturated rings. The van der Waals surface area contributed by atoms with Crippen LogP contribution in [-0.2, 0) is 9.16 Å². The fourth-order valence-electron chi connectivity index (χ4n) is 5.28. The number of halogens is 1. The van der Waals surface area contributed by atoms with Gasteiger partial charge in [0.15, 0.2) is 0 Å². The van der Waals surface area contributed by atoms with Gasteiger partial charge in [0.25, 0.3) is 0 Å². The lowest BCUT2D eigenvalue weighted by Crippen LogP contribution is -2.53. The highest BCUT2D eigenvalue weighted by Crippen LogP contribution is 2.45. The third-order valence-electron chi connectivity index (χ3n) is 6.52. The van der Waals surface area contributed by atoms with Crippen LogP contribution < -0.4 is 0 Å². The Balaban J connectivity index is 2.33. The summed E-state index contributed by atoms with van der Waals surface area (Å²) in [6.45, 7) is 19.9. The van der Waals surface area contributed by atoms with Crippen LogP contribution in [0.4, 0.5) is 9.18 Å². The highest BCUT2D eigenvalue weighted by atomic mass is 28.4. The quantitative estimate of drug-likeness (QED) is 0.421. The SMILES string of the molecule is CC(C)[Si](O[C@@H]1CCN(C(=O)OC(C)(C)C)[C@H](c2ccc(F)cc2)C1)(C(C)C)C(C)C. The molecule has 176 valence electrons. The lowest BCUT2D eigenvalue weighted by molar-refractivity contribution is -0.00703. The van der Waals surface area contributed by atoms with E-state index in [2.05, 4.69) is 41.5 Å². The molecule has 2 atom stereocenters. The molecule has 1 amide bonds. The molecular weight excluding hydrogens is 409 g/mol. The molecule has 0 radical (unpaired) electrons. The van der Waals surface area contributed by atoms with Crippen molar-refractivity contribution in [2.45, 2.75) is 110 Å². The van der Waals surface area contributed by atoms with E-state index in [4.69, 9.17) is 9.16 Å². The molecule has 0 N–H and O–H groups in total. The van der Waals surface area contributed by atoms with Crippen molar-refractivity contribution in [3.63, 3.8) is 0 Å². The van der Waals surface area contributed by atoms with Crippen LogP contribution in [0.15, 0.2) is 24.3 Å². The molecule has 1 aromatic rings. The Kier molecular flexibility index (Phi) is 8.37. The normalized spacial score (nSPS) is 20.6. The molecule has 1 aliphatic rings. The van der Waals surface area contributed by atoms with Crippen LogP contribution in [0.25, 0.3) is 0 Å². The molecule has 1 aliphatic heterocycles. The molecule has 0 aliphatic carbocycles. The van der Waals surface area contributed by atoms with Gasteiger partial charge < -0.3 is 14.1 Å². The minimum atomic E-state index is -2.04. The first-order chi connectivity index (χ1) is 14.3. The molecule has 1 saturated heterocycles. The number of rotatable bonds is 6. The number of benzene rings is 1. The number of nitrogens with zero attached hydrogens (tertiary/aromatic N) is 1. The minimum Gasteiger partial charge on any atom is -0.444 e. The Morgan fingerprint density at radius 1 is 1.03 bits per heavy atom. The van der Waals surface area contributed by atoms with Crippen molar-refractivity contribution in [3.05, 3.63) is 35.6 Å². The van der Waals surface area contributed by atoms with Crippen LogP contribution in [-0.4, -0.2) is 37.6 Å². The first-order valence-corrected chi connectivity index (χ1v) is 13.8. The highest BCUT2D eigenvalue weighted by molar-refractivity contribution is 6.77. The number of ether oxygens (including phenoxy) is 1. The van der Waals surface area contributed by atoms with Gasteiger partial charge in [0, 0.05) is 12.6 Å². The Labute approximate surface area is 189 Å². The molecular formula is C25H42FNO3Si. The van der Waals surface area contributed by atoms with Gasteiger partial charge in [0.2, 0.25) is 8.32 Å². The molecule has 0 aromatic heterocycles. The monoisotopic (exact) mass is 451 g/mol. The molecule has 1 heterocycles. The minimum absolute atomic E-state index is 0.0765. The molecule has 31 heavy (non-hydrogen) atoms.